The number of carbonyl (C=O) groups excluding carboxylic acids is 2. The Morgan fingerprint density at radius 1 is 1.00 bits per heavy atom. The van der Waals surface area contributed by atoms with E-state index in [0.29, 0.717) is 24.8 Å². The van der Waals surface area contributed by atoms with Crippen LogP contribution in [-0.2, 0) is 9.59 Å². The summed E-state index contributed by atoms with van der Waals surface area (Å²) in [4.78, 5) is 23.4. The number of hydrogen-bond acceptors (Lipinski definition) is 3. The van der Waals surface area contributed by atoms with Crippen LogP contribution >= 0.6 is 0 Å². The van der Waals surface area contributed by atoms with Crippen LogP contribution in [0.3, 0.4) is 0 Å². The molecule has 0 aliphatic carbocycles. The highest BCUT2D eigenvalue weighted by Gasteiger charge is 2.20. The van der Waals surface area contributed by atoms with Crippen LogP contribution in [0.2, 0.25) is 0 Å². The minimum Gasteiger partial charge on any atom is -0.354 e. The van der Waals surface area contributed by atoms with Crippen LogP contribution in [-0.4, -0.2) is 30.4 Å². The van der Waals surface area contributed by atoms with Gasteiger partial charge in [-0.1, -0.05) is 27.7 Å². The highest BCUT2D eigenvalue weighted by atomic mass is 16.2. The van der Waals surface area contributed by atoms with Crippen molar-refractivity contribution in [3.8, 4) is 0 Å². The van der Waals surface area contributed by atoms with E-state index in [9.17, 15) is 9.59 Å². The molecule has 0 saturated heterocycles. The van der Waals surface area contributed by atoms with E-state index in [1.54, 1.807) is 6.92 Å². The minimum atomic E-state index is -0.551. The Bertz CT molecular complexity index is 277. The first kappa shape index (κ1) is 16.9. The maximum atomic E-state index is 11.7. The lowest BCUT2D eigenvalue weighted by atomic mass is 10.0. The van der Waals surface area contributed by atoms with Gasteiger partial charge in [0.15, 0.2) is 0 Å². The zero-order chi connectivity index (χ0) is 14.3. The molecule has 0 rings (SSSR count). The Morgan fingerprint density at radius 2 is 1.56 bits per heavy atom. The molecule has 0 spiro atoms. The Hall–Kier alpha value is -1.10. The largest absolute Gasteiger partial charge is 0.354 e. The van der Waals surface area contributed by atoms with E-state index in [0.717, 1.165) is 0 Å². The van der Waals surface area contributed by atoms with Crippen molar-refractivity contribution >= 4 is 11.8 Å². The van der Waals surface area contributed by atoms with Gasteiger partial charge < -0.3 is 16.4 Å². The molecule has 0 aliphatic heterocycles. The molecule has 0 saturated carbocycles. The molecule has 0 radical (unpaired) electrons. The first-order valence-electron chi connectivity index (χ1n) is 6.57. The second-order valence-electron chi connectivity index (χ2n) is 5.61. The molecule has 0 bridgehead atoms. The van der Waals surface area contributed by atoms with E-state index in [1.807, 2.05) is 27.7 Å². The van der Waals surface area contributed by atoms with E-state index < -0.39 is 12.1 Å². The molecule has 5 nitrogen and oxygen atoms in total. The third kappa shape index (κ3) is 7.27. The van der Waals surface area contributed by atoms with Crippen LogP contribution in [0.1, 0.15) is 41.0 Å². The van der Waals surface area contributed by atoms with E-state index in [1.165, 1.54) is 0 Å². The first-order chi connectivity index (χ1) is 8.23. The number of rotatable bonds is 7. The fraction of sp³-hybridized carbons (Fsp3) is 0.846. The zero-order valence-corrected chi connectivity index (χ0v) is 12.1. The fourth-order valence-corrected chi connectivity index (χ4v) is 1.46. The molecule has 2 amide bonds. The molecule has 18 heavy (non-hydrogen) atoms. The summed E-state index contributed by atoms with van der Waals surface area (Å²) >= 11 is 0. The van der Waals surface area contributed by atoms with Gasteiger partial charge in [0.05, 0.1) is 6.04 Å². The maximum Gasteiger partial charge on any atom is 0.242 e. The number of nitrogens with two attached hydrogens (primary N) is 1. The van der Waals surface area contributed by atoms with Crippen LogP contribution < -0.4 is 16.4 Å². The molecular formula is C13H27N3O2. The minimum absolute atomic E-state index is 0.172. The van der Waals surface area contributed by atoms with Gasteiger partial charge in [-0.2, -0.15) is 0 Å². The van der Waals surface area contributed by atoms with Gasteiger partial charge in [0.1, 0.15) is 6.04 Å². The van der Waals surface area contributed by atoms with Crippen molar-refractivity contribution in [2.75, 3.05) is 6.54 Å². The van der Waals surface area contributed by atoms with Crippen LogP contribution in [0.15, 0.2) is 0 Å². The number of nitrogens with one attached hydrogen (secondary N) is 2. The zero-order valence-electron chi connectivity index (χ0n) is 12.1. The molecule has 0 aromatic rings. The lowest BCUT2D eigenvalue weighted by Gasteiger charge is -2.18. The quantitative estimate of drug-likeness (QED) is 0.625. The lowest BCUT2D eigenvalue weighted by molar-refractivity contribution is -0.129. The summed E-state index contributed by atoms with van der Waals surface area (Å²) in [5.41, 5.74) is 5.75. The summed E-state index contributed by atoms with van der Waals surface area (Å²) in [6.07, 6.45) is 0.617. The third-order valence-corrected chi connectivity index (χ3v) is 2.50. The van der Waals surface area contributed by atoms with Gasteiger partial charge in [-0.25, -0.2) is 0 Å². The van der Waals surface area contributed by atoms with Crippen LogP contribution in [0.4, 0.5) is 0 Å². The number of hydrogen-bond donors (Lipinski definition) is 3. The van der Waals surface area contributed by atoms with Crippen molar-refractivity contribution in [1.29, 1.82) is 0 Å². The summed E-state index contributed by atoms with van der Waals surface area (Å²) in [7, 11) is 0. The summed E-state index contributed by atoms with van der Waals surface area (Å²) in [5.74, 6) is 0.306. The van der Waals surface area contributed by atoms with E-state index in [2.05, 4.69) is 10.6 Å². The van der Waals surface area contributed by atoms with Crippen molar-refractivity contribution in [3.63, 3.8) is 0 Å². The lowest BCUT2D eigenvalue weighted by Crippen LogP contribution is -2.50. The molecular weight excluding hydrogens is 230 g/mol. The average Bonchev–Trinajstić information content (AvgIpc) is 2.24. The molecule has 4 N–H and O–H groups in total. The van der Waals surface area contributed by atoms with Gasteiger partial charge in [-0.3, -0.25) is 9.59 Å². The highest BCUT2D eigenvalue weighted by Crippen LogP contribution is 2.02. The predicted octanol–water partition coefficient (Wildman–Crippen LogP) is 0.637. The van der Waals surface area contributed by atoms with Gasteiger partial charge >= 0.3 is 0 Å². The van der Waals surface area contributed by atoms with Crippen LogP contribution in [0.5, 0.6) is 0 Å². The number of amides is 2. The monoisotopic (exact) mass is 257 g/mol. The van der Waals surface area contributed by atoms with Gasteiger partial charge in [0, 0.05) is 6.54 Å². The number of carbonyl (C=O) groups is 2. The van der Waals surface area contributed by atoms with E-state index in [4.69, 9.17) is 5.73 Å². The van der Waals surface area contributed by atoms with Crippen molar-refractivity contribution in [2.45, 2.75) is 53.1 Å². The van der Waals surface area contributed by atoms with Crippen LogP contribution in [0, 0.1) is 11.8 Å². The molecule has 0 aromatic heterocycles. The van der Waals surface area contributed by atoms with E-state index >= 15 is 0 Å². The first-order valence-corrected chi connectivity index (χ1v) is 6.57. The third-order valence-electron chi connectivity index (χ3n) is 2.50. The van der Waals surface area contributed by atoms with Gasteiger partial charge in [0.2, 0.25) is 11.8 Å². The molecule has 106 valence electrons. The standard InChI is InChI=1S/C13H27N3O2/c1-8(2)6-11(14)13(18)16-10(5)12(17)15-7-9(3)4/h8-11H,6-7,14H2,1-5H3,(H,15,17)(H,16,18)/t10?,11-/m1/s1. The van der Waals surface area contributed by atoms with Crippen molar-refractivity contribution < 1.29 is 9.59 Å². The Balaban J connectivity index is 4.09. The van der Waals surface area contributed by atoms with Crippen molar-refractivity contribution in [2.24, 2.45) is 17.6 Å². The molecule has 0 aliphatic rings. The highest BCUT2D eigenvalue weighted by molar-refractivity contribution is 5.89. The summed E-state index contributed by atoms with van der Waals surface area (Å²) in [5, 5.41) is 5.40. The second kappa shape index (κ2) is 8.08. The fourth-order valence-electron chi connectivity index (χ4n) is 1.46. The normalized spacial score (nSPS) is 14.4. The topological polar surface area (TPSA) is 84.2 Å². The SMILES string of the molecule is CC(C)CNC(=O)C(C)NC(=O)[C@H](N)CC(C)C. The summed E-state index contributed by atoms with van der Waals surface area (Å²) in [6.45, 7) is 10.3. The maximum absolute atomic E-state index is 11.7. The molecule has 2 atom stereocenters. The summed E-state index contributed by atoms with van der Waals surface area (Å²) < 4.78 is 0. The van der Waals surface area contributed by atoms with Crippen molar-refractivity contribution in [1.82, 2.24) is 10.6 Å². The summed E-state index contributed by atoms with van der Waals surface area (Å²) in [6, 6.07) is -1.10. The van der Waals surface area contributed by atoms with Gasteiger partial charge in [0.25, 0.3) is 0 Å². The Labute approximate surface area is 110 Å². The molecule has 0 fully saturated rings. The van der Waals surface area contributed by atoms with Gasteiger partial charge in [-0.15, -0.1) is 0 Å². The van der Waals surface area contributed by atoms with Gasteiger partial charge in [-0.05, 0) is 25.2 Å². The Morgan fingerprint density at radius 3 is 2.00 bits per heavy atom. The Kier molecular flexibility index (Phi) is 7.59. The van der Waals surface area contributed by atoms with Crippen molar-refractivity contribution in [3.05, 3.63) is 0 Å². The predicted molar refractivity (Wildman–Crippen MR) is 72.9 cm³/mol. The molecule has 0 heterocycles. The average molecular weight is 257 g/mol. The second-order valence-corrected chi connectivity index (χ2v) is 5.61. The molecule has 1 unspecified atom stereocenters. The smallest absolute Gasteiger partial charge is 0.242 e. The van der Waals surface area contributed by atoms with E-state index in [-0.39, 0.29) is 11.8 Å². The van der Waals surface area contributed by atoms with Crippen LogP contribution in [0.25, 0.3) is 0 Å². The molecule has 5 heteroatoms. The molecule has 0 aromatic carbocycles.